The van der Waals surface area contributed by atoms with E-state index in [0.29, 0.717) is 36.4 Å². The Morgan fingerprint density at radius 1 is 0.735 bits per heavy atom. The lowest BCUT2D eigenvalue weighted by atomic mass is 9.81. The highest BCUT2D eigenvalue weighted by Gasteiger charge is 2.23. The van der Waals surface area contributed by atoms with Crippen molar-refractivity contribution in [3.8, 4) is 11.5 Å². The van der Waals surface area contributed by atoms with Crippen LogP contribution >= 0.6 is 0 Å². The Morgan fingerprint density at radius 2 is 1.18 bits per heavy atom. The van der Waals surface area contributed by atoms with E-state index in [9.17, 15) is 9.59 Å². The predicted octanol–water partition coefficient (Wildman–Crippen LogP) is 4.42. The zero-order valence-corrected chi connectivity index (χ0v) is 20.9. The standard InChI is InChI=1S/C28H38N2O4/c1-19-8-10-25(12-21(19)3)33-17-27(31)29-15-23-6-5-7-24(14-23)16-30-28(32)18-34-26-11-9-20(2)22(4)13-26/h8-13,23-24H,5-7,14-18H2,1-4H3,(H,29,31)(H,30,32). The van der Waals surface area contributed by atoms with Crippen molar-refractivity contribution in [1.29, 1.82) is 0 Å². The van der Waals surface area contributed by atoms with Gasteiger partial charge in [0.05, 0.1) is 0 Å². The van der Waals surface area contributed by atoms with Crippen LogP contribution in [-0.4, -0.2) is 38.1 Å². The summed E-state index contributed by atoms with van der Waals surface area (Å²) in [5.41, 5.74) is 4.70. The SMILES string of the molecule is Cc1ccc(OCC(=O)NCC2CCCC(CNC(=O)COc3ccc(C)c(C)c3)C2)cc1C. The fourth-order valence-corrected chi connectivity index (χ4v) is 4.30. The minimum absolute atomic E-state index is 0.0230. The molecule has 0 saturated heterocycles. The number of carbonyl (C=O) groups is 2. The minimum atomic E-state index is -0.0999. The number of aryl methyl sites for hydroxylation is 4. The Kier molecular flexibility index (Phi) is 9.37. The Hall–Kier alpha value is -3.02. The molecule has 2 amide bonds. The molecule has 0 bridgehead atoms. The van der Waals surface area contributed by atoms with Crippen molar-refractivity contribution in [2.45, 2.75) is 53.4 Å². The zero-order valence-electron chi connectivity index (χ0n) is 20.9. The number of ether oxygens (including phenoxy) is 2. The van der Waals surface area contributed by atoms with E-state index in [1.54, 1.807) is 0 Å². The van der Waals surface area contributed by atoms with Crippen molar-refractivity contribution < 1.29 is 19.1 Å². The molecule has 2 atom stereocenters. The molecule has 2 aromatic carbocycles. The lowest BCUT2D eigenvalue weighted by molar-refractivity contribution is -0.123. The number of carbonyl (C=O) groups excluding carboxylic acids is 2. The number of nitrogens with one attached hydrogen (secondary N) is 2. The Bertz CT molecular complexity index is 911. The highest BCUT2D eigenvalue weighted by Crippen LogP contribution is 2.28. The third-order valence-corrected chi connectivity index (χ3v) is 6.76. The average Bonchev–Trinajstić information content (AvgIpc) is 2.83. The van der Waals surface area contributed by atoms with E-state index in [1.165, 1.54) is 11.1 Å². The first kappa shape index (κ1) is 25.6. The molecule has 0 radical (unpaired) electrons. The maximum Gasteiger partial charge on any atom is 0.257 e. The van der Waals surface area contributed by atoms with Crippen molar-refractivity contribution in [3.63, 3.8) is 0 Å². The van der Waals surface area contributed by atoms with Gasteiger partial charge in [0.25, 0.3) is 11.8 Å². The smallest absolute Gasteiger partial charge is 0.257 e. The predicted molar refractivity (Wildman–Crippen MR) is 134 cm³/mol. The average molecular weight is 467 g/mol. The second-order valence-corrected chi connectivity index (χ2v) is 9.58. The van der Waals surface area contributed by atoms with E-state index in [-0.39, 0.29) is 25.0 Å². The van der Waals surface area contributed by atoms with Crippen LogP contribution in [0.1, 0.15) is 47.9 Å². The number of benzene rings is 2. The summed E-state index contributed by atoms with van der Waals surface area (Å²) in [5, 5.41) is 6.02. The summed E-state index contributed by atoms with van der Waals surface area (Å²) in [6, 6.07) is 11.7. The third-order valence-electron chi connectivity index (χ3n) is 6.76. The van der Waals surface area contributed by atoms with Crippen molar-refractivity contribution >= 4 is 11.8 Å². The summed E-state index contributed by atoms with van der Waals surface area (Å²) >= 11 is 0. The molecule has 3 rings (SSSR count). The number of rotatable bonds is 10. The molecule has 184 valence electrons. The normalized spacial score (nSPS) is 17.6. The minimum Gasteiger partial charge on any atom is -0.484 e. The number of hydrogen-bond acceptors (Lipinski definition) is 4. The first-order chi connectivity index (χ1) is 16.3. The second kappa shape index (κ2) is 12.4. The third kappa shape index (κ3) is 8.08. The van der Waals surface area contributed by atoms with Gasteiger partial charge in [0.15, 0.2) is 13.2 Å². The van der Waals surface area contributed by atoms with Gasteiger partial charge in [-0.2, -0.15) is 0 Å². The monoisotopic (exact) mass is 466 g/mol. The number of hydrogen-bond donors (Lipinski definition) is 2. The van der Waals surface area contributed by atoms with Crippen molar-refractivity contribution in [3.05, 3.63) is 58.7 Å². The van der Waals surface area contributed by atoms with Crippen LogP contribution in [0.25, 0.3) is 0 Å². The molecular weight excluding hydrogens is 428 g/mol. The summed E-state index contributed by atoms with van der Waals surface area (Å²) in [6.45, 7) is 9.50. The van der Waals surface area contributed by atoms with Crippen molar-refractivity contribution in [1.82, 2.24) is 10.6 Å². The summed E-state index contributed by atoms with van der Waals surface area (Å²) in [6.07, 6.45) is 4.30. The Balaban J connectivity index is 1.32. The first-order valence-electron chi connectivity index (χ1n) is 12.2. The second-order valence-electron chi connectivity index (χ2n) is 9.58. The van der Waals surface area contributed by atoms with Crippen molar-refractivity contribution in [2.24, 2.45) is 11.8 Å². The van der Waals surface area contributed by atoms with Gasteiger partial charge >= 0.3 is 0 Å². The molecule has 2 unspecified atom stereocenters. The van der Waals surface area contributed by atoms with E-state index in [1.807, 2.05) is 50.2 Å². The van der Waals surface area contributed by atoms with Crippen LogP contribution in [0.5, 0.6) is 11.5 Å². The van der Waals surface area contributed by atoms with Gasteiger partial charge in [0.2, 0.25) is 0 Å². The van der Waals surface area contributed by atoms with E-state index >= 15 is 0 Å². The van der Waals surface area contributed by atoms with Gasteiger partial charge in [-0.3, -0.25) is 9.59 Å². The van der Waals surface area contributed by atoms with Gasteiger partial charge in [0.1, 0.15) is 11.5 Å². The molecule has 1 fully saturated rings. The molecule has 2 aromatic rings. The molecule has 0 aliphatic heterocycles. The lowest BCUT2D eigenvalue weighted by Crippen LogP contribution is -2.38. The fraction of sp³-hybridized carbons (Fsp3) is 0.500. The van der Waals surface area contributed by atoms with E-state index in [4.69, 9.17) is 9.47 Å². The zero-order chi connectivity index (χ0) is 24.5. The summed E-state index contributed by atoms with van der Waals surface area (Å²) in [4.78, 5) is 24.5. The van der Waals surface area contributed by atoms with Crippen LogP contribution < -0.4 is 20.1 Å². The highest BCUT2D eigenvalue weighted by atomic mass is 16.5. The maximum atomic E-state index is 12.2. The summed E-state index contributed by atoms with van der Waals surface area (Å²) in [7, 11) is 0. The molecule has 0 aromatic heterocycles. The number of amides is 2. The van der Waals surface area contributed by atoms with Gasteiger partial charge in [-0.25, -0.2) is 0 Å². The van der Waals surface area contributed by atoms with Gasteiger partial charge in [-0.05, 0) is 105 Å². The molecule has 1 aliphatic carbocycles. The molecule has 1 saturated carbocycles. The molecule has 34 heavy (non-hydrogen) atoms. The van der Waals surface area contributed by atoms with Gasteiger partial charge in [0, 0.05) is 13.1 Å². The summed E-state index contributed by atoms with van der Waals surface area (Å²) in [5.74, 6) is 2.08. The van der Waals surface area contributed by atoms with E-state index < -0.39 is 0 Å². The molecule has 0 spiro atoms. The van der Waals surface area contributed by atoms with Crippen LogP contribution in [0.2, 0.25) is 0 Å². The molecular formula is C28H38N2O4. The molecule has 1 aliphatic rings. The largest absolute Gasteiger partial charge is 0.484 e. The topological polar surface area (TPSA) is 76.7 Å². The van der Waals surface area contributed by atoms with Gasteiger partial charge in [-0.1, -0.05) is 18.6 Å². The molecule has 2 N–H and O–H groups in total. The first-order valence-corrected chi connectivity index (χ1v) is 12.2. The van der Waals surface area contributed by atoms with Crippen LogP contribution in [0.4, 0.5) is 0 Å². The highest BCUT2D eigenvalue weighted by molar-refractivity contribution is 5.77. The Morgan fingerprint density at radius 3 is 1.59 bits per heavy atom. The Labute approximate surface area is 203 Å². The van der Waals surface area contributed by atoms with Crippen LogP contribution in [0.15, 0.2) is 36.4 Å². The van der Waals surface area contributed by atoms with E-state index in [0.717, 1.165) is 36.8 Å². The van der Waals surface area contributed by atoms with Crippen molar-refractivity contribution in [2.75, 3.05) is 26.3 Å². The molecule has 6 nitrogen and oxygen atoms in total. The van der Waals surface area contributed by atoms with Gasteiger partial charge in [-0.15, -0.1) is 0 Å². The van der Waals surface area contributed by atoms with Crippen LogP contribution in [0, 0.1) is 39.5 Å². The molecule has 6 heteroatoms. The summed E-state index contributed by atoms with van der Waals surface area (Å²) < 4.78 is 11.3. The quantitative estimate of drug-likeness (QED) is 0.544. The fourth-order valence-electron chi connectivity index (χ4n) is 4.30. The van der Waals surface area contributed by atoms with Crippen LogP contribution in [0.3, 0.4) is 0 Å². The van der Waals surface area contributed by atoms with Crippen LogP contribution in [-0.2, 0) is 9.59 Å². The van der Waals surface area contributed by atoms with E-state index in [2.05, 4.69) is 24.5 Å². The van der Waals surface area contributed by atoms with Gasteiger partial charge < -0.3 is 20.1 Å². The lowest BCUT2D eigenvalue weighted by Gasteiger charge is -2.29. The maximum absolute atomic E-state index is 12.2. The molecule has 0 heterocycles.